The highest BCUT2D eigenvalue weighted by Crippen LogP contribution is 2.14. The van der Waals surface area contributed by atoms with Gasteiger partial charge in [0.15, 0.2) is 0 Å². The van der Waals surface area contributed by atoms with Gasteiger partial charge in [0.1, 0.15) is 0 Å². The quantitative estimate of drug-likeness (QED) is 0.832. The molecule has 1 heterocycles. The largest absolute Gasteiger partial charge is 0.323 e. The van der Waals surface area contributed by atoms with Crippen molar-refractivity contribution in [2.75, 3.05) is 5.32 Å². The van der Waals surface area contributed by atoms with Gasteiger partial charge in [-0.25, -0.2) is 0 Å². The number of carbonyl (C=O) groups is 1. The molecule has 2 rings (SSSR count). The third-order valence-corrected chi connectivity index (χ3v) is 3.14. The first-order chi connectivity index (χ1) is 8.24. The lowest BCUT2D eigenvalue weighted by Gasteiger charge is -2.01. The second-order valence-corrected chi connectivity index (χ2v) is 4.76. The summed E-state index contributed by atoms with van der Waals surface area (Å²) in [6.07, 6.45) is 3.30. The van der Waals surface area contributed by atoms with Crippen LogP contribution in [-0.2, 0) is 4.79 Å². The van der Waals surface area contributed by atoms with E-state index in [0.717, 1.165) is 10.6 Å². The topological polar surface area (TPSA) is 29.1 Å². The molecular weight excluding hydrogens is 254 g/mol. The van der Waals surface area contributed by atoms with Gasteiger partial charge in [0.25, 0.3) is 0 Å². The van der Waals surface area contributed by atoms with Crippen LogP contribution in [0.25, 0.3) is 6.08 Å². The van der Waals surface area contributed by atoms with E-state index in [9.17, 15) is 4.79 Å². The molecular formula is C13H10ClNOS. The van der Waals surface area contributed by atoms with Gasteiger partial charge in [0, 0.05) is 21.7 Å². The molecule has 0 unspecified atom stereocenters. The standard InChI is InChI=1S/C13H10ClNOS/c14-10-3-5-11(6-4-10)15-13(16)8-7-12-2-1-9-17-12/h1-9H,(H,15,16)/b8-7+. The van der Waals surface area contributed by atoms with Crippen LogP contribution in [0.3, 0.4) is 0 Å². The van der Waals surface area contributed by atoms with Gasteiger partial charge in [0.05, 0.1) is 0 Å². The molecule has 0 aliphatic rings. The summed E-state index contributed by atoms with van der Waals surface area (Å²) >= 11 is 7.34. The number of hydrogen-bond acceptors (Lipinski definition) is 2. The molecule has 0 saturated heterocycles. The lowest BCUT2D eigenvalue weighted by molar-refractivity contribution is -0.111. The van der Waals surface area contributed by atoms with Crippen LogP contribution in [0.2, 0.25) is 5.02 Å². The molecule has 0 atom stereocenters. The first-order valence-corrected chi connectivity index (χ1v) is 6.28. The van der Waals surface area contributed by atoms with Gasteiger partial charge in [0.2, 0.25) is 5.91 Å². The molecule has 0 fully saturated rings. The lowest BCUT2D eigenvalue weighted by Crippen LogP contribution is -2.07. The molecule has 0 bridgehead atoms. The second kappa shape index (κ2) is 5.66. The lowest BCUT2D eigenvalue weighted by atomic mass is 10.3. The van der Waals surface area contributed by atoms with Crippen molar-refractivity contribution in [1.82, 2.24) is 0 Å². The Morgan fingerprint density at radius 1 is 1.24 bits per heavy atom. The van der Waals surface area contributed by atoms with Crippen LogP contribution in [0.4, 0.5) is 5.69 Å². The number of benzene rings is 1. The Morgan fingerprint density at radius 2 is 2.00 bits per heavy atom. The molecule has 2 nitrogen and oxygen atoms in total. The molecule has 1 N–H and O–H groups in total. The molecule has 2 aromatic rings. The van der Waals surface area contributed by atoms with Crippen molar-refractivity contribution < 1.29 is 4.79 Å². The summed E-state index contributed by atoms with van der Waals surface area (Å²) < 4.78 is 0. The maximum atomic E-state index is 11.6. The summed E-state index contributed by atoms with van der Waals surface area (Å²) in [6, 6.07) is 10.9. The highest BCUT2D eigenvalue weighted by atomic mass is 35.5. The Labute approximate surface area is 109 Å². The molecule has 0 aliphatic heterocycles. The van der Waals surface area contributed by atoms with E-state index in [1.807, 2.05) is 17.5 Å². The van der Waals surface area contributed by atoms with E-state index < -0.39 is 0 Å². The Hall–Kier alpha value is -1.58. The first kappa shape index (κ1) is 11.9. The zero-order valence-corrected chi connectivity index (χ0v) is 10.5. The molecule has 1 aromatic carbocycles. The first-order valence-electron chi connectivity index (χ1n) is 5.02. The fourth-order valence-electron chi connectivity index (χ4n) is 1.26. The maximum Gasteiger partial charge on any atom is 0.248 e. The van der Waals surface area contributed by atoms with Gasteiger partial charge in [-0.05, 0) is 41.8 Å². The van der Waals surface area contributed by atoms with Crippen molar-refractivity contribution in [1.29, 1.82) is 0 Å². The van der Waals surface area contributed by atoms with Crippen molar-refractivity contribution in [2.45, 2.75) is 0 Å². The van der Waals surface area contributed by atoms with Gasteiger partial charge in [-0.1, -0.05) is 17.7 Å². The van der Waals surface area contributed by atoms with Gasteiger partial charge in [-0.3, -0.25) is 4.79 Å². The van der Waals surface area contributed by atoms with Crippen LogP contribution >= 0.6 is 22.9 Å². The van der Waals surface area contributed by atoms with Gasteiger partial charge >= 0.3 is 0 Å². The minimum Gasteiger partial charge on any atom is -0.323 e. The summed E-state index contributed by atoms with van der Waals surface area (Å²) in [4.78, 5) is 12.6. The van der Waals surface area contributed by atoms with Crippen molar-refractivity contribution in [3.8, 4) is 0 Å². The highest BCUT2D eigenvalue weighted by molar-refractivity contribution is 7.10. The molecule has 0 saturated carbocycles. The fourth-order valence-corrected chi connectivity index (χ4v) is 2.01. The molecule has 1 amide bonds. The van der Waals surface area contributed by atoms with Crippen molar-refractivity contribution >= 4 is 40.6 Å². The molecule has 4 heteroatoms. The second-order valence-electron chi connectivity index (χ2n) is 3.34. The van der Waals surface area contributed by atoms with E-state index in [1.165, 1.54) is 6.08 Å². The fraction of sp³-hybridized carbons (Fsp3) is 0. The zero-order chi connectivity index (χ0) is 12.1. The predicted octanol–water partition coefficient (Wildman–Crippen LogP) is 4.05. The number of thiophene rings is 1. The highest BCUT2D eigenvalue weighted by Gasteiger charge is 1.97. The average Bonchev–Trinajstić information content (AvgIpc) is 2.83. The zero-order valence-electron chi connectivity index (χ0n) is 8.89. The van der Waals surface area contributed by atoms with Crippen LogP contribution in [0.15, 0.2) is 47.9 Å². The van der Waals surface area contributed by atoms with Gasteiger partial charge in [-0.2, -0.15) is 0 Å². The number of hydrogen-bond donors (Lipinski definition) is 1. The minimum atomic E-state index is -0.152. The smallest absolute Gasteiger partial charge is 0.248 e. The Morgan fingerprint density at radius 3 is 2.65 bits per heavy atom. The van der Waals surface area contributed by atoms with Gasteiger partial charge < -0.3 is 5.32 Å². The molecule has 17 heavy (non-hydrogen) atoms. The summed E-state index contributed by atoms with van der Waals surface area (Å²) in [6.45, 7) is 0. The molecule has 0 radical (unpaired) electrons. The summed E-state index contributed by atoms with van der Waals surface area (Å²) in [5.41, 5.74) is 0.732. The molecule has 86 valence electrons. The average molecular weight is 264 g/mol. The number of amides is 1. The summed E-state index contributed by atoms with van der Waals surface area (Å²) in [7, 11) is 0. The van der Waals surface area contributed by atoms with Crippen molar-refractivity contribution in [2.24, 2.45) is 0 Å². The summed E-state index contributed by atoms with van der Waals surface area (Å²) in [5.74, 6) is -0.152. The van der Waals surface area contributed by atoms with E-state index in [1.54, 1.807) is 41.7 Å². The number of rotatable bonds is 3. The number of carbonyl (C=O) groups excluding carboxylic acids is 1. The molecule has 0 aliphatic carbocycles. The SMILES string of the molecule is O=C(/C=C/c1cccs1)Nc1ccc(Cl)cc1. The van der Waals surface area contributed by atoms with E-state index in [0.29, 0.717) is 5.02 Å². The Kier molecular flexibility index (Phi) is 3.96. The molecule has 1 aromatic heterocycles. The van der Waals surface area contributed by atoms with E-state index >= 15 is 0 Å². The van der Waals surface area contributed by atoms with Crippen LogP contribution in [0.1, 0.15) is 4.88 Å². The van der Waals surface area contributed by atoms with E-state index in [4.69, 9.17) is 11.6 Å². The minimum absolute atomic E-state index is 0.152. The molecule has 0 spiro atoms. The van der Waals surface area contributed by atoms with E-state index in [2.05, 4.69) is 5.32 Å². The normalized spacial score (nSPS) is 10.6. The number of anilines is 1. The van der Waals surface area contributed by atoms with Crippen LogP contribution in [0.5, 0.6) is 0 Å². The maximum absolute atomic E-state index is 11.6. The number of halogens is 1. The van der Waals surface area contributed by atoms with Crippen LogP contribution < -0.4 is 5.32 Å². The third-order valence-electron chi connectivity index (χ3n) is 2.05. The van der Waals surface area contributed by atoms with Crippen LogP contribution in [-0.4, -0.2) is 5.91 Å². The van der Waals surface area contributed by atoms with Crippen molar-refractivity contribution in [3.05, 3.63) is 57.8 Å². The van der Waals surface area contributed by atoms with Gasteiger partial charge in [-0.15, -0.1) is 11.3 Å². The Balaban J connectivity index is 1.95. The monoisotopic (exact) mass is 263 g/mol. The van der Waals surface area contributed by atoms with E-state index in [-0.39, 0.29) is 5.91 Å². The number of nitrogens with one attached hydrogen (secondary N) is 1. The summed E-state index contributed by atoms with van der Waals surface area (Å²) in [5, 5.41) is 5.37. The predicted molar refractivity (Wildman–Crippen MR) is 73.4 cm³/mol. The van der Waals surface area contributed by atoms with Crippen molar-refractivity contribution in [3.63, 3.8) is 0 Å². The van der Waals surface area contributed by atoms with Crippen LogP contribution in [0, 0.1) is 0 Å². The third kappa shape index (κ3) is 3.73. The Bertz CT molecular complexity index is 517.